The zero-order valence-corrected chi connectivity index (χ0v) is 11.9. The van der Waals surface area contributed by atoms with Gasteiger partial charge in [0.2, 0.25) is 0 Å². The molecule has 0 N–H and O–H groups in total. The number of benzene rings is 2. The highest BCUT2D eigenvalue weighted by molar-refractivity contribution is 9.10. The van der Waals surface area contributed by atoms with Gasteiger partial charge in [0.1, 0.15) is 12.4 Å². The molecule has 0 amide bonds. The summed E-state index contributed by atoms with van der Waals surface area (Å²) in [4.78, 5) is 11.6. The maximum atomic E-state index is 11.6. The number of hydrogen-bond donors (Lipinski definition) is 0. The highest BCUT2D eigenvalue weighted by Crippen LogP contribution is 2.27. The Balaban J connectivity index is 1.75. The molecule has 0 saturated carbocycles. The van der Waals surface area contributed by atoms with Crippen molar-refractivity contribution in [3.8, 4) is 5.75 Å². The maximum Gasteiger partial charge on any atom is 0.163 e. The number of hydrogen-bond acceptors (Lipinski definition) is 2. The first-order valence-electron chi connectivity index (χ1n) is 6.26. The molecule has 0 radical (unpaired) electrons. The minimum absolute atomic E-state index is 0.243. The molecule has 1 aliphatic carbocycles. The summed E-state index contributed by atoms with van der Waals surface area (Å²) in [5, 5.41) is 0. The average Bonchev–Trinajstić information content (AvgIpc) is 2.79. The Bertz CT molecular complexity index is 634. The quantitative estimate of drug-likeness (QED) is 0.850. The van der Waals surface area contributed by atoms with Gasteiger partial charge in [-0.3, -0.25) is 4.79 Å². The molecule has 2 aromatic rings. The van der Waals surface area contributed by atoms with E-state index in [-0.39, 0.29) is 5.78 Å². The molecular formula is C16H13BrO2. The molecule has 3 rings (SSSR count). The van der Waals surface area contributed by atoms with Crippen LogP contribution in [-0.4, -0.2) is 5.78 Å². The van der Waals surface area contributed by atoms with E-state index in [1.54, 1.807) is 0 Å². The van der Waals surface area contributed by atoms with Crippen LogP contribution in [0.15, 0.2) is 46.9 Å². The highest BCUT2D eigenvalue weighted by atomic mass is 79.9. The van der Waals surface area contributed by atoms with Crippen molar-refractivity contribution >= 4 is 21.7 Å². The van der Waals surface area contributed by atoms with Crippen LogP contribution in [0.25, 0.3) is 0 Å². The van der Waals surface area contributed by atoms with Crippen LogP contribution in [0.1, 0.15) is 27.9 Å². The van der Waals surface area contributed by atoms with Crippen molar-refractivity contribution in [2.75, 3.05) is 0 Å². The van der Waals surface area contributed by atoms with E-state index in [1.165, 1.54) is 0 Å². The first-order chi connectivity index (χ1) is 9.24. The number of aryl methyl sites for hydroxylation is 1. The van der Waals surface area contributed by atoms with Gasteiger partial charge in [-0.15, -0.1) is 0 Å². The third kappa shape index (κ3) is 2.56. The molecule has 0 aromatic heterocycles. The second-order valence-corrected chi connectivity index (χ2v) is 5.48. The molecule has 0 aliphatic heterocycles. The molecule has 2 nitrogen and oxygen atoms in total. The SMILES string of the molecule is O=C1CCc2cc(OCc3ccccc3Br)ccc21. The Labute approximate surface area is 120 Å². The summed E-state index contributed by atoms with van der Waals surface area (Å²) in [6, 6.07) is 13.7. The van der Waals surface area contributed by atoms with E-state index in [0.29, 0.717) is 13.0 Å². The number of carbonyl (C=O) groups is 1. The summed E-state index contributed by atoms with van der Waals surface area (Å²) in [5.74, 6) is 1.07. The number of fused-ring (bicyclic) bond motifs is 1. The van der Waals surface area contributed by atoms with Crippen molar-refractivity contribution in [1.29, 1.82) is 0 Å². The summed E-state index contributed by atoms with van der Waals surface area (Å²) in [5.41, 5.74) is 3.07. The number of rotatable bonds is 3. The fourth-order valence-electron chi connectivity index (χ4n) is 2.30. The highest BCUT2D eigenvalue weighted by Gasteiger charge is 2.19. The van der Waals surface area contributed by atoms with E-state index in [1.807, 2.05) is 42.5 Å². The van der Waals surface area contributed by atoms with E-state index < -0.39 is 0 Å². The van der Waals surface area contributed by atoms with Crippen molar-refractivity contribution in [2.24, 2.45) is 0 Å². The standard InChI is InChI=1S/C16H13BrO2/c17-15-4-2-1-3-12(15)10-19-13-6-7-14-11(9-13)5-8-16(14)18/h1-4,6-7,9H,5,8,10H2. The fourth-order valence-corrected chi connectivity index (χ4v) is 2.70. The number of ether oxygens (including phenoxy) is 1. The molecule has 0 fully saturated rings. The van der Waals surface area contributed by atoms with E-state index >= 15 is 0 Å². The first kappa shape index (κ1) is 12.4. The molecule has 0 atom stereocenters. The minimum Gasteiger partial charge on any atom is -0.489 e. The molecule has 0 spiro atoms. The Morgan fingerprint density at radius 2 is 1.95 bits per heavy atom. The van der Waals surface area contributed by atoms with Crippen LogP contribution < -0.4 is 4.74 Å². The van der Waals surface area contributed by atoms with Crippen LogP contribution in [0.2, 0.25) is 0 Å². The summed E-state index contributed by atoms with van der Waals surface area (Å²) >= 11 is 3.50. The monoisotopic (exact) mass is 316 g/mol. The van der Waals surface area contributed by atoms with Crippen LogP contribution in [-0.2, 0) is 13.0 Å². The summed E-state index contributed by atoms with van der Waals surface area (Å²) in [6.45, 7) is 0.522. The molecule has 96 valence electrons. The normalized spacial score (nSPS) is 13.4. The third-order valence-corrected chi connectivity index (χ3v) is 4.12. The molecule has 2 aromatic carbocycles. The summed E-state index contributed by atoms with van der Waals surface area (Å²) in [6.07, 6.45) is 1.46. The Hall–Kier alpha value is -1.61. The van der Waals surface area contributed by atoms with E-state index in [0.717, 1.165) is 33.3 Å². The fraction of sp³-hybridized carbons (Fsp3) is 0.188. The van der Waals surface area contributed by atoms with Gasteiger partial charge in [-0.2, -0.15) is 0 Å². The van der Waals surface area contributed by atoms with Crippen molar-refractivity contribution in [1.82, 2.24) is 0 Å². The third-order valence-electron chi connectivity index (χ3n) is 3.35. The van der Waals surface area contributed by atoms with E-state index in [2.05, 4.69) is 15.9 Å². The van der Waals surface area contributed by atoms with Gasteiger partial charge < -0.3 is 4.74 Å². The Morgan fingerprint density at radius 3 is 2.79 bits per heavy atom. The van der Waals surface area contributed by atoms with Gasteiger partial charge in [-0.1, -0.05) is 34.1 Å². The number of carbonyl (C=O) groups excluding carboxylic acids is 1. The van der Waals surface area contributed by atoms with Crippen molar-refractivity contribution < 1.29 is 9.53 Å². The van der Waals surface area contributed by atoms with Crippen LogP contribution in [0.5, 0.6) is 5.75 Å². The summed E-state index contributed by atoms with van der Waals surface area (Å²) in [7, 11) is 0. The molecule has 3 heteroatoms. The second kappa shape index (κ2) is 5.17. The van der Waals surface area contributed by atoms with Gasteiger partial charge in [-0.25, -0.2) is 0 Å². The predicted molar refractivity (Wildman–Crippen MR) is 77.6 cm³/mol. The minimum atomic E-state index is 0.243. The predicted octanol–water partition coefficient (Wildman–Crippen LogP) is 4.16. The topological polar surface area (TPSA) is 26.3 Å². The van der Waals surface area contributed by atoms with Gasteiger partial charge in [0.05, 0.1) is 0 Å². The molecule has 0 bridgehead atoms. The summed E-state index contributed by atoms with van der Waals surface area (Å²) < 4.78 is 6.84. The van der Waals surface area contributed by atoms with Crippen molar-refractivity contribution in [3.05, 3.63) is 63.6 Å². The second-order valence-electron chi connectivity index (χ2n) is 4.62. The van der Waals surface area contributed by atoms with Crippen LogP contribution in [0.4, 0.5) is 0 Å². The van der Waals surface area contributed by atoms with Gasteiger partial charge in [0, 0.05) is 22.0 Å². The Morgan fingerprint density at radius 1 is 1.11 bits per heavy atom. The lowest BCUT2D eigenvalue weighted by molar-refractivity contribution is 0.0994. The molecule has 0 unspecified atom stereocenters. The largest absolute Gasteiger partial charge is 0.489 e. The van der Waals surface area contributed by atoms with Crippen LogP contribution in [0.3, 0.4) is 0 Å². The lowest BCUT2D eigenvalue weighted by Crippen LogP contribution is -1.97. The number of Topliss-reactive ketones (excluding diaryl/α,β-unsaturated/α-hetero) is 1. The van der Waals surface area contributed by atoms with Gasteiger partial charge in [-0.05, 0) is 36.2 Å². The number of ketones is 1. The van der Waals surface area contributed by atoms with Gasteiger partial charge in [0.25, 0.3) is 0 Å². The lowest BCUT2D eigenvalue weighted by Gasteiger charge is -2.09. The van der Waals surface area contributed by atoms with Crippen molar-refractivity contribution in [2.45, 2.75) is 19.4 Å². The van der Waals surface area contributed by atoms with Crippen molar-refractivity contribution in [3.63, 3.8) is 0 Å². The lowest BCUT2D eigenvalue weighted by atomic mass is 10.1. The van der Waals surface area contributed by atoms with Crippen LogP contribution >= 0.6 is 15.9 Å². The van der Waals surface area contributed by atoms with Gasteiger partial charge >= 0.3 is 0 Å². The smallest absolute Gasteiger partial charge is 0.163 e. The zero-order chi connectivity index (χ0) is 13.2. The first-order valence-corrected chi connectivity index (χ1v) is 7.05. The Kier molecular flexibility index (Phi) is 3.38. The van der Waals surface area contributed by atoms with Gasteiger partial charge in [0.15, 0.2) is 5.78 Å². The molecular weight excluding hydrogens is 304 g/mol. The maximum absolute atomic E-state index is 11.6. The van der Waals surface area contributed by atoms with Crippen LogP contribution in [0, 0.1) is 0 Å². The van der Waals surface area contributed by atoms with E-state index in [9.17, 15) is 4.79 Å². The molecule has 1 aliphatic rings. The number of halogens is 1. The zero-order valence-electron chi connectivity index (χ0n) is 10.4. The molecule has 0 saturated heterocycles. The molecule has 19 heavy (non-hydrogen) atoms. The molecule has 0 heterocycles. The average molecular weight is 317 g/mol. The van der Waals surface area contributed by atoms with E-state index in [4.69, 9.17) is 4.74 Å².